The van der Waals surface area contributed by atoms with Gasteiger partial charge in [0.2, 0.25) is 0 Å². The zero-order valence-corrected chi connectivity index (χ0v) is 30.6. The maximum Gasteiger partial charge on any atom is 0.139 e. The topological polar surface area (TPSA) is 22.9 Å². The largest absolute Gasteiger partial charge is 0.456 e. The third-order valence-corrected chi connectivity index (χ3v) is 10.4. The van der Waals surface area contributed by atoms with Gasteiger partial charge >= 0.3 is 0 Å². The smallest absolute Gasteiger partial charge is 0.139 e. The number of hydrogen-bond acceptors (Lipinski definition) is 4. The molecule has 0 bridgehead atoms. The van der Waals surface area contributed by atoms with Crippen LogP contribution in [0.15, 0.2) is 229 Å². The molecule has 266 valence electrons. The number of fused-ring (bicyclic) bond motifs is 4. The molecule has 0 saturated carbocycles. The first-order chi connectivity index (χ1) is 27.8. The summed E-state index contributed by atoms with van der Waals surface area (Å²) in [5.74, 6) is 0. The SMILES string of the molecule is c1ccc(N(c2ccccc2)c2cc(N(c3ccccc3)c3cccc4ccccc34)c3c(c2)oc2cccc(N(c4ccccc4)c4ccccc4)c23)cc1. The number of furan rings is 1. The molecular formula is C52H37N3O. The van der Waals surface area contributed by atoms with Crippen LogP contribution < -0.4 is 14.7 Å². The molecule has 0 amide bonds. The van der Waals surface area contributed by atoms with Gasteiger partial charge in [-0.25, -0.2) is 0 Å². The molecule has 4 heteroatoms. The lowest BCUT2D eigenvalue weighted by molar-refractivity contribution is 0.669. The van der Waals surface area contributed by atoms with Crippen molar-refractivity contribution in [2.24, 2.45) is 0 Å². The van der Waals surface area contributed by atoms with Crippen molar-refractivity contribution in [3.8, 4) is 0 Å². The summed E-state index contributed by atoms with van der Waals surface area (Å²) in [6.07, 6.45) is 0. The molecule has 56 heavy (non-hydrogen) atoms. The summed E-state index contributed by atoms with van der Waals surface area (Å²) in [4.78, 5) is 7.05. The van der Waals surface area contributed by atoms with Crippen molar-refractivity contribution in [3.63, 3.8) is 0 Å². The standard InChI is InChI=1S/C52H37N3O/c1-6-22-39(23-7-1)53(40-24-8-2-9-25-40)44-36-48(55(43-30-14-5-15-31-43)46-33-18-21-38-20-16-17-32-45(38)46)52-50(37-44)56-49-35-19-34-47(51(49)52)54(41-26-10-3-11-27-41)42-28-12-4-13-29-42/h1-37H. The monoisotopic (exact) mass is 719 g/mol. The Morgan fingerprint density at radius 1 is 0.268 bits per heavy atom. The molecular weight excluding hydrogens is 683 g/mol. The lowest BCUT2D eigenvalue weighted by Gasteiger charge is -2.31. The summed E-state index contributed by atoms with van der Waals surface area (Å²) < 4.78 is 7.05. The van der Waals surface area contributed by atoms with Crippen molar-refractivity contribution in [3.05, 3.63) is 224 Å². The molecule has 0 aliphatic rings. The summed E-state index contributed by atoms with van der Waals surface area (Å²) in [6.45, 7) is 0. The van der Waals surface area contributed by atoms with Crippen LogP contribution in [0.1, 0.15) is 0 Å². The van der Waals surface area contributed by atoms with E-state index in [0.717, 1.165) is 78.5 Å². The highest BCUT2D eigenvalue weighted by Gasteiger charge is 2.27. The van der Waals surface area contributed by atoms with Gasteiger partial charge in [0.25, 0.3) is 0 Å². The molecule has 0 N–H and O–H groups in total. The van der Waals surface area contributed by atoms with E-state index in [1.807, 2.05) is 0 Å². The summed E-state index contributed by atoms with van der Waals surface area (Å²) >= 11 is 0. The van der Waals surface area contributed by atoms with E-state index < -0.39 is 0 Å². The third-order valence-electron chi connectivity index (χ3n) is 10.4. The second kappa shape index (κ2) is 14.3. The maximum atomic E-state index is 7.05. The second-order valence-electron chi connectivity index (χ2n) is 13.8. The fourth-order valence-electron chi connectivity index (χ4n) is 7.96. The van der Waals surface area contributed by atoms with E-state index in [9.17, 15) is 0 Å². The minimum atomic E-state index is 0.791. The van der Waals surface area contributed by atoms with Gasteiger partial charge in [0, 0.05) is 39.9 Å². The first-order valence-electron chi connectivity index (χ1n) is 18.9. The number of rotatable bonds is 9. The van der Waals surface area contributed by atoms with E-state index in [0.29, 0.717) is 0 Å². The van der Waals surface area contributed by atoms with Gasteiger partial charge in [-0.1, -0.05) is 133 Å². The number of benzene rings is 9. The summed E-state index contributed by atoms with van der Waals surface area (Å²) in [5, 5.41) is 4.38. The van der Waals surface area contributed by atoms with Gasteiger partial charge in [-0.05, 0) is 90.3 Å². The quantitative estimate of drug-likeness (QED) is 0.148. The van der Waals surface area contributed by atoms with Gasteiger partial charge in [0.05, 0.1) is 33.5 Å². The fraction of sp³-hybridized carbons (Fsp3) is 0. The van der Waals surface area contributed by atoms with Crippen LogP contribution in [0.25, 0.3) is 32.7 Å². The van der Waals surface area contributed by atoms with E-state index in [-0.39, 0.29) is 0 Å². The second-order valence-corrected chi connectivity index (χ2v) is 13.8. The minimum absolute atomic E-state index is 0.791. The van der Waals surface area contributed by atoms with Crippen LogP contribution in [0.2, 0.25) is 0 Å². The van der Waals surface area contributed by atoms with Gasteiger partial charge in [0.15, 0.2) is 0 Å². The molecule has 10 rings (SSSR count). The normalized spacial score (nSPS) is 11.2. The fourth-order valence-corrected chi connectivity index (χ4v) is 7.96. The van der Waals surface area contributed by atoms with Crippen LogP contribution in [0.4, 0.5) is 51.2 Å². The molecule has 0 unspecified atom stereocenters. The highest BCUT2D eigenvalue weighted by molar-refractivity contribution is 6.21. The van der Waals surface area contributed by atoms with Gasteiger partial charge in [-0.3, -0.25) is 0 Å². The van der Waals surface area contributed by atoms with Gasteiger partial charge in [-0.15, -0.1) is 0 Å². The predicted molar refractivity (Wildman–Crippen MR) is 235 cm³/mol. The molecule has 0 radical (unpaired) electrons. The third kappa shape index (κ3) is 5.90. The Labute approximate surface area is 326 Å². The Morgan fingerprint density at radius 3 is 1.27 bits per heavy atom. The Kier molecular flexibility index (Phi) is 8.47. The molecule has 1 heterocycles. The van der Waals surface area contributed by atoms with Crippen molar-refractivity contribution < 1.29 is 4.42 Å². The van der Waals surface area contributed by atoms with Crippen molar-refractivity contribution in [1.82, 2.24) is 0 Å². The summed E-state index contributed by atoms with van der Waals surface area (Å²) in [5.41, 5.74) is 11.0. The Balaban J connectivity index is 1.35. The Morgan fingerprint density at radius 2 is 0.696 bits per heavy atom. The van der Waals surface area contributed by atoms with Crippen molar-refractivity contribution in [1.29, 1.82) is 0 Å². The van der Waals surface area contributed by atoms with E-state index in [1.165, 1.54) is 5.39 Å². The van der Waals surface area contributed by atoms with Crippen LogP contribution in [0.5, 0.6) is 0 Å². The average Bonchev–Trinajstić information content (AvgIpc) is 3.66. The Hall–Kier alpha value is -7.56. The van der Waals surface area contributed by atoms with E-state index in [1.54, 1.807) is 0 Å². The number of para-hydroxylation sites is 5. The van der Waals surface area contributed by atoms with Crippen LogP contribution in [0, 0.1) is 0 Å². The molecule has 9 aromatic carbocycles. The molecule has 1 aromatic heterocycles. The molecule has 0 saturated heterocycles. The van der Waals surface area contributed by atoms with Crippen molar-refractivity contribution in [2.45, 2.75) is 0 Å². The van der Waals surface area contributed by atoms with Gasteiger partial charge < -0.3 is 19.1 Å². The summed E-state index contributed by atoms with van der Waals surface area (Å²) in [6, 6.07) is 79.1. The van der Waals surface area contributed by atoms with Crippen molar-refractivity contribution >= 4 is 83.9 Å². The van der Waals surface area contributed by atoms with E-state index in [2.05, 4.69) is 239 Å². The van der Waals surface area contributed by atoms with Crippen LogP contribution in [-0.2, 0) is 0 Å². The molecule has 0 spiro atoms. The lowest BCUT2D eigenvalue weighted by atomic mass is 10.0. The number of nitrogens with zero attached hydrogens (tertiary/aromatic N) is 3. The molecule has 4 nitrogen and oxygen atoms in total. The molecule has 0 atom stereocenters. The molecule has 0 fully saturated rings. The minimum Gasteiger partial charge on any atom is -0.456 e. The first kappa shape index (κ1) is 33.0. The maximum absolute atomic E-state index is 7.05. The summed E-state index contributed by atoms with van der Waals surface area (Å²) in [7, 11) is 0. The zero-order valence-electron chi connectivity index (χ0n) is 30.6. The van der Waals surface area contributed by atoms with Crippen molar-refractivity contribution in [2.75, 3.05) is 14.7 Å². The Bertz CT molecular complexity index is 2830. The lowest BCUT2D eigenvalue weighted by Crippen LogP contribution is -2.14. The van der Waals surface area contributed by atoms with Crippen LogP contribution >= 0.6 is 0 Å². The van der Waals surface area contributed by atoms with Gasteiger partial charge in [0.1, 0.15) is 11.2 Å². The van der Waals surface area contributed by atoms with Gasteiger partial charge in [-0.2, -0.15) is 0 Å². The number of anilines is 9. The zero-order chi connectivity index (χ0) is 37.3. The number of hydrogen-bond donors (Lipinski definition) is 0. The van der Waals surface area contributed by atoms with Crippen LogP contribution in [0.3, 0.4) is 0 Å². The molecule has 10 aromatic rings. The van der Waals surface area contributed by atoms with E-state index in [4.69, 9.17) is 4.42 Å². The predicted octanol–water partition coefficient (Wildman–Crippen LogP) is 15.1. The first-order valence-corrected chi connectivity index (χ1v) is 18.9. The molecule has 0 aliphatic carbocycles. The molecule has 0 aliphatic heterocycles. The van der Waals surface area contributed by atoms with E-state index >= 15 is 0 Å². The highest BCUT2D eigenvalue weighted by Crippen LogP contribution is 2.51. The average molecular weight is 720 g/mol. The van der Waals surface area contributed by atoms with Crippen LogP contribution in [-0.4, -0.2) is 0 Å². The highest BCUT2D eigenvalue weighted by atomic mass is 16.3.